The number of hydrogen-bond donors (Lipinski definition) is 4. The SMILES string of the molecule is COc1ccc2cc(C(C)C(=O)NCC(O)CNC(=O)[C@H](C)N)ccc2c1. The highest BCUT2D eigenvalue weighted by Gasteiger charge is 2.17. The van der Waals surface area contributed by atoms with Crippen LogP contribution in [0.4, 0.5) is 0 Å². The maximum Gasteiger partial charge on any atom is 0.236 e. The van der Waals surface area contributed by atoms with E-state index in [4.69, 9.17) is 10.5 Å². The van der Waals surface area contributed by atoms with Crippen LogP contribution in [0.2, 0.25) is 0 Å². The molecule has 2 amide bonds. The molecular formula is C20H27N3O4. The molecule has 0 radical (unpaired) electrons. The first-order chi connectivity index (χ1) is 12.8. The van der Waals surface area contributed by atoms with Crippen LogP contribution in [0.25, 0.3) is 10.8 Å². The van der Waals surface area contributed by atoms with Gasteiger partial charge in [0.2, 0.25) is 11.8 Å². The van der Waals surface area contributed by atoms with Crippen molar-refractivity contribution in [1.82, 2.24) is 10.6 Å². The number of nitrogens with two attached hydrogens (primary N) is 1. The van der Waals surface area contributed by atoms with Crippen molar-refractivity contribution in [3.63, 3.8) is 0 Å². The number of nitrogens with one attached hydrogen (secondary N) is 2. The summed E-state index contributed by atoms with van der Waals surface area (Å²) >= 11 is 0. The summed E-state index contributed by atoms with van der Waals surface area (Å²) in [6.45, 7) is 3.45. The molecule has 3 atom stereocenters. The second-order valence-electron chi connectivity index (χ2n) is 6.63. The monoisotopic (exact) mass is 373 g/mol. The van der Waals surface area contributed by atoms with Gasteiger partial charge in [0.15, 0.2) is 0 Å². The van der Waals surface area contributed by atoms with Crippen LogP contribution in [0.3, 0.4) is 0 Å². The lowest BCUT2D eigenvalue weighted by atomic mass is 9.97. The predicted molar refractivity (Wildman–Crippen MR) is 105 cm³/mol. The Morgan fingerprint density at radius 1 is 1.04 bits per heavy atom. The number of methoxy groups -OCH3 is 1. The average molecular weight is 373 g/mol. The fourth-order valence-electron chi connectivity index (χ4n) is 2.61. The molecule has 0 fully saturated rings. The summed E-state index contributed by atoms with van der Waals surface area (Å²) < 4.78 is 5.22. The lowest BCUT2D eigenvalue weighted by Crippen LogP contribution is -2.45. The van der Waals surface area contributed by atoms with E-state index in [0.717, 1.165) is 22.1 Å². The maximum atomic E-state index is 12.4. The molecule has 7 nitrogen and oxygen atoms in total. The molecule has 2 aromatic carbocycles. The minimum Gasteiger partial charge on any atom is -0.497 e. The van der Waals surface area contributed by atoms with Crippen LogP contribution in [-0.2, 0) is 9.59 Å². The van der Waals surface area contributed by atoms with E-state index in [1.54, 1.807) is 14.0 Å². The van der Waals surface area contributed by atoms with Crippen molar-refractivity contribution < 1.29 is 19.4 Å². The van der Waals surface area contributed by atoms with Gasteiger partial charge in [0.05, 0.1) is 25.2 Å². The third-order valence-electron chi connectivity index (χ3n) is 4.40. The van der Waals surface area contributed by atoms with Gasteiger partial charge < -0.3 is 26.2 Å². The second kappa shape index (κ2) is 9.34. The highest BCUT2D eigenvalue weighted by atomic mass is 16.5. The van der Waals surface area contributed by atoms with Crippen molar-refractivity contribution in [2.75, 3.05) is 20.2 Å². The molecule has 0 aliphatic rings. The number of carbonyl (C=O) groups is 2. The summed E-state index contributed by atoms with van der Waals surface area (Å²) in [6.07, 6.45) is -0.882. The molecule has 0 spiro atoms. The van der Waals surface area contributed by atoms with Crippen LogP contribution in [0, 0.1) is 0 Å². The lowest BCUT2D eigenvalue weighted by Gasteiger charge is -2.17. The largest absolute Gasteiger partial charge is 0.497 e. The van der Waals surface area contributed by atoms with Gasteiger partial charge >= 0.3 is 0 Å². The fraction of sp³-hybridized carbons (Fsp3) is 0.400. The van der Waals surface area contributed by atoms with Crippen molar-refractivity contribution in [2.24, 2.45) is 5.73 Å². The van der Waals surface area contributed by atoms with E-state index >= 15 is 0 Å². The summed E-state index contributed by atoms with van der Waals surface area (Å²) in [5, 5.41) is 17.2. The van der Waals surface area contributed by atoms with Crippen LogP contribution in [0.1, 0.15) is 25.3 Å². The van der Waals surface area contributed by atoms with E-state index in [9.17, 15) is 14.7 Å². The molecule has 2 unspecified atom stereocenters. The molecule has 0 bridgehead atoms. The van der Waals surface area contributed by atoms with Crippen molar-refractivity contribution in [3.8, 4) is 5.75 Å². The van der Waals surface area contributed by atoms with Crippen molar-refractivity contribution in [1.29, 1.82) is 0 Å². The third-order valence-corrected chi connectivity index (χ3v) is 4.40. The van der Waals surface area contributed by atoms with Crippen LogP contribution < -0.4 is 21.1 Å². The van der Waals surface area contributed by atoms with Gasteiger partial charge in [-0.25, -0.2) is 0 Å². The zero-order valence-electron chi connectivity index (χ0n) is 15.9. The highest BCUT2D eigenvalue weighted by Crippen LogP contribution is 2.25. The summed E-state index contributed by atoms with van der Waals surface area (Å²) in [5.74, 6) is -0.129. The molecule has 27 heavy (non-hydrogen) atoms. The van der Waals surface area contributed by atoms with Gasteiger partial charge in [-0.3, -0.25) is 9.59 Å². The molecule has 0 heterocycles. The molecule has 146 valence electrons. The molecule has 7 heteroatoms. The van der Waals surface area contributed by atoms with Crippen molar-refractivity contribution in [2.45, 2.75) is 31.9 Å². The summed E-state index contributed by atoms with van der Waals surface area (Å²) in [5.41, 5.74) is 6.31. The molecule has 0 aromatic heterocycles. The molecule has 0 aliphatic heterocycles. The van der Waals surface area contributed by atoms with E-state index < -0.39 is 12.1 Å². The van der Waals surface area contributed by atoms with E-state index in [-0.39, 0.29) is 30.8 Å². The summed E-state index contributed by atoms with van der Waals surface area (Å²) in [4.78, 5) is 23.8. The number of benzene rings is 2. The second-order valence-corrected chi connectivity index (χ2v) is 6.63. The molecule has 2 aromatic rings. The van der Waals surface area contributed by atoms with Gasteiger partial charge in [-0.1, -0.05) is 24.3 Å². The number of aliphatic hydroxyl groups is 1. The number of fused-ring (bicyclic) bond motifs is 1. The Hall–Kier alpha value is -2.64. The molecule has 0 saturated heterocycles. The quantitative estimate of drug-likeness (QED) is 0.549. The molecular weight excluding hydrogens is 346 g/mol. The lowest BCUT2D eigenvalue weighted by molar-refractivity contribution is -0.122. The Morgan fingerprint density at radius 3 is 2.26 bits per heavy atom. The van der Waals surface area contributed by atoms with Crippen LogP contribution >= 0.6 is 0 Å². The smallest absolute Gasteiger partial charge is 0.236 e. The first-order valence-electron chi connectivity index (χ1n) is 8.88. The van der Waals surface area contributed by atoms with E-state index in [1.807, 2.05) is 43.3 Å². The average Bonchev–Trinajstić information content (AvgIpc) is 2.68. The minimum absolute atomic E-state index is 0.0346. The molecule has 2 rings (SSSR count). The fourth-order valence-corrected chi connectivity index (χ4v) is 2.61. The van der Waals surface area contributed by atoms with Gasteiger partial charge in [-0.05, 0) is 42.3 Å². The normalized spacial score (nSPS) is 14.3. The number of hydrogen-bond acceptors (Lipinski definition) is 5. The number of ether oxygens (including phenoxy) is 1. The van der Waals surface area contributed by atoms with Crippen molar-refractivity contribution >= 4 is 22.6 Å². The van der Waals surface area contributed by atoms with Gasteiger partial charge in [0.25, 0.3) is 0 Å². The van der Waals surface area contributed by atoms with Crippen LogP contribution in [-0.4, -0.2) is 49.3 Å². The first-order valence-corrected chi connectivity index (χ1v) is 8.88. The Bertz CT molecular complexity index is 807. The molecule has 0 aliphatic carbocycles. The molecule has 5 N–H and O–H groups in total. The number of aliphatic hydroxyl groups excluding tert-OH is 1. The van der Waals surface area contributed by atoms with Gasteiger partial charge in [0, 0.05) is 13.1 Å². The van der Waals surface area contributed by atoms with E-state index in [0.29, 0.717) is 0 Å². The van der Waals surface area contributed by atoms with Gasteiger partial charge in [-0.15, -0.1) is 0 Å². The van der Waals surface area contributed by atoms with Gasteiger partial charge in [-0.2, -0.15) is 0 Å². The first kappa shape index (κ1) is 20.7. The predicted octanol–water partition coefficient (Wildman–Crippen LogP) is 0.892. The summed E-state index contributed by atoms with van der Waals surface area (Å²) in [6, 6.07) is 11.0. The van der Waals surface area contributed by atoms with E-state index in [1.165, 1.54) is 0 Å². The van der Waals surface area contributed by atoms with Crippen LogP contribution in [0.15, 0.2) is 36.4 Å². The zero-order chi connectivity index (χ0) is 20.0. The minimum atomic E-state index is -0.882. The standard InChI is InChI=1S/C20H27N3O4/c1-12(19(25)22-10-17(24)11-23-20(26)13(2)21)14-4-5-16-9-18(27-3)7-6-15(16)8-14/h4-9,12-13,17,24H,10-11,21H2,1-3H3,(H,22,25)(H,23,26)/t12?,13-,17?/m0/s1. The topological polar surface area (TPSA) is 114 Å². The Morgan fingerprint density at radius 2 is 1.63 bits per heavy atom. The third kappa shape index (κ3) is 5.67. The Kier molecular flexibility index (Phi) is 7.15. The Labute approximate surface area is 158 Å². The highest BCUT2D eigenvalue weighted by molar-refractivity contribution is 5.88. The van der Waals surface area contributed by atoms with Crippen molar-refractivity contribution in [3.05, 3.63) is 42.0 Å². The maximum absolute atomic E-state index is 12.4. The van der Waals surface area contributed by atoms with E-state index in [2.05, 4.69) is 10.6 Å². The van der Waals surface area contributed by atoms with Crippen LogP contribution in [0.5, 0.6) is 5.75 Å². The number of amides is 2. The number of rotatable bonds is 8. The zero-order valence-corrected chi connectivity index (χ0v) is 15.9. The Balaban J connectivity index is 1.92. The number of carbonyl (C=O) groups excluding carboxylic acids is 2. The summed E-state index contributed by atoms with van der Waals surface area (Å²) in [7, 11) is 1.62. The molecule has 0 saturated carbocycles. The van der Waals surface area contributed by atoms with Gasteiger partial charge in [0.1, 0.15) is 5.75 Å².